The minimum atomic E-state index is -0.262. The zero-order valence-electron chi connectivity index (χ0n) is 20.2. The van der Waals surface area contributed by atoms with Crippen molar-refractivity contribution >= 4 is 50.9 Å². The second kappa shape index (κ2) is 11.1. The summed E-state index contributed by atoms with van der Waals surface area (Å²) in [7, 11) is 0. The molecule has 1 amide bonds. The molecule has 1 aromatic heterocycles. The van der Waals surface area contributed by atoms with E-state index in [2.05, 4.69) is 59.2 Å². The van der Waals surface area contributed by atoms with Crippen LogP contribution in [-0.2, 0) is 18.6 Å². The Hall–Kier alpha value is -2.80. The van der Waals surface area contributed by atoms with Gasteiger partial charge in [-0.25, -0.2) is 0 Å². The lowest BCUT2D eigenvalue weighted by Crippen LogP contribution is -2.13. The highest BCUT2D eigenvalue weighted by Crippen LogP contribution is 2.26. The van der Waals surface area contributed by atoms with Crippen LogP contribution in [0.15, 0.2) is 77.4 Å². The van der Waals surface area contributed by atoms with E-state index in [-0.39, 0.29) is 11.3 Å². The van der Waals surface area contributed by atoms with Gasteiger partial charge in [0.25, 0.3) is 5.91 Å². The fraction of sp³-hybridized carbons (Fsp3) is 0.214. The summed E-state index contributed by atoms with van der Waals surface area (Å²) in [5.41, 5.74) is 3.62. The third-order valence-electron chi connectivity index (χ3n) is 5.61. The molecule has 0 unspecified atom stereocenters. The van der Waals surface area contributed by atoms with Crippen LogP contribution in [0.4, 0.5) is 5.82 Å². The number of amides is 1. The van der Waals surface area contributed by atoms with Crippen LogP contribution in [-0.4, -0.2) is 15.7 Å². The number of nitrogens with one attached hydrogen (secondary N) is 1. The second-order valence-electron chi connectivity index (χ2n) is 9.48. The molecule has 4 rings (SSSR count). The number of rotatable bonds is 7. The summed E-state index contributed by atoms with van der Waals surface area (Å²) in [6, 6.07) is 20.8. The van der Waals surface area contributed by atoms with E-state index in [0.29, 0.717) is 39.1 Å². The first-order valence-corrected chi connectivity index (χ1v) is 12.9. The molecule has 0 saturated carbocycles. The van der Waals surface area contributed by atoms with Gasteiger partial charge in [0.1, 0.15) is 12.4 Å². The number of hydrogen-bond acceptors (Lipinski definition) is 3. The van der Waals surface area contributed by atoms with Gasteiger partial charge in [0.05, 0.1) is 11.0 Å². The van der Waals surface area contributed by atoms with E-state index in [1.54, 1.807) is 29.1 Å². The van der Waals surface area contributed by atoms with Crippen molar-refractivity contribution in [3.05, 3.63) is 110 Å². The molecule has 5 nitrogen and oxygen atoms in total. The lowest BCUT2D eigenvalue weighted by molar-refractivity contribution is 0.102. The molecule has 0 aliphatic carbocycles. The van der Waals surface area contributed by atoms with Crippen molar-refractivity contribution in [2.24, 2.45) is 0 Å². The van der Waals surface area contributed by atoms with Gasteiger partial charge in [0.2, 0.25) is 0 Å². The quantitative estimate of drug-likeness (QED) is 0.238. The van der Waals surface area contributed by atoms with E-state index >= 15 is 0 Å². The lowest BCUT2D eigenvalue weighted by atomic mass is 9.87. The normalized spacial score (nSPS) is 11.4. The van der Waals surface area contributed by atoms with Gasteiger partial charge in [-0.3, -0.25) is 9.48 Å². The van der Waals surface area contributed by atoms with Crippen LogP contribution in [0.1, 0.15) is 47.8 Å². The van der Waals surface area contributed by atoms with E-state index in [9.17, 15) is 4.79 Å². The number of nitrogens with zero attached hydrogens (tertiary/aromatic N) is 2. The molecular formula is C28H26BrCl2N3O2. The van der Waals surface area contributed by atoms with Gasteiger partial charge in [-0.2, -0.15) is 5.10 Å². The smallest absolute Gasteiger partial charge is 0.256 e. The summed E-state index contributed by atoms with van der Waals surface area (Å²) < 4.78 is 8.30. The highest BCUT2D eigenvalue weighted by molar-refractivity contribution is 9.10. The van der Waals surface area contributed by atoms with Crippen LogP contribution in [0.5, 0.6) is 5.75 Å². The number of anilines is 1. The maximum Gasteiger partial charge on any atom is 0.256 e. The molecule has 0 bridgehead atoms. The summed E-state index contributed by atoms with van der Waals surface area (Å²) in [4.78, 5) is 12.9. The molecule has 1 heterocycles. The zero-order valence-corrected chi connectivity index (χ0v) is 23.3. The molecule has 0 aliphatic rings. The summed E-state index contributed by atoms with van der Waals surface area (Å²) in [6.07, 6.45) is 1.79. The molecule has 4 aromatic rings. The molecule has 0 spiro atoms. The zero-order chi connectivity index (χ0) is 25.9. The van der Waals surface area contributed by atoms with Crippen LogP contribution in [0.25, 0.3) is 0 Å². The van der Waals surface area contributed by atoms with E-state index in [1.165, 1.54) is 5.56 Å². The molecule has 36 heavy (non-hydrogen) atoms. The molecule has 0 radical (unpaired) electrons. The van der Waals surface area contributed by atoms with Crippen molar-refractivity contribution in [3.8, 4) is 5.75 Å². The van der Waals surface area contributed by atoms with Crippen LogP contribution in [0.3, 0.4) is 0 Å². The summed E-state index contributed by atoms with van der Waals surface area (Å²) in [6.45, 7) is 7.33. The maximum atomic E-state index is 12.9. The minimum absolute atomic E-state index is 0.0912. The van der Waals surface area contributed by atoms with Gasteiger partial charge in [-0.15, -0.1) is 0 Å². The molecule has 186 valence electrons. The highest BCUT2D eigenvalue weighted by atomic mass is 79.9. The first-order chi connectivity index (χ1) is 17.1. The Morgan fingerprint density at radius 3 is 2.50 bits per heavy atom. The largest absolute Gasteiger partial charge is 0.489 e. The fourth-order valence-electron chi connectivity index (χ4n) is 3.59. The van der Waals surface area contributed by atoms with Crippen LogP contribution in [0.2, 0.25) is 10.0 Å². The standard InChI is InChI=1S/C28H26BrCl2N3O2/c1-28(2,3)21-8-11-23(12-9-21)36-17-18-5-4-6-19(13-18)27(35)32-26-24(29)16-34(33-26)15-20-7-10-22(30)14-25(20)31/h4-14,16H,15,17H2,1-3H3,(H,32,33,35). The third kappa shape index (κ3) is 6.69. The van der Waals surface area contributed by atoms with Gasteiger partial charge in [0.15, 0.2) is 5.82 Å². The fourth-order valence-corrected chi connectivity index (χ4v) is 4.47. The average Bonchev–Trinajstić information content (AvgIpc) is 3.18. The Morgan fingerprint density at radius 1 is 1.06 bits per heavy atom. The predicted molar refractivity (Wildman–Crippen MR) is 149 cm³/mol. The average molecular weight is 587 g/mol. The van der Waals surface area contributed by atoms with Crippen LogP contribution >= 0.6 is 39.1 Å². The van der Waals surface area contributed by atoms with E-state index in [0.717, 1.165) is 16.9 Å². The van der Waals surface area contributed by atoms with Crippen LogP contribution < -0.4 is 10.1 Å². The SMILES string of the molecule is CC(C)(C)c1ccc(OCc2cccc(C(=O)Nc3nn(Cc4ccc(Cl)cc4Cl)cc3Br)c2)cc1. The van der Waals surface area contributed by atoms with Crippen molar-refractivity contribution in [2.45, 2.75) is 39.3 Å². The van der Waals surface area contributed by atoms with Crippen molar-refractivity contribution in [1.29, 1.82) is 0 Å². The van der Waals surface area contributed by atoms with Gasteiger partial charge >= 0.3 is 0 Å². The van der Waals surface area contributed by atoms with Gasteiger partial charge in [-0.1, -0.05) is 74.3 Å². The Labute approximate surface area is 229 Å². The predicted octanol–water partition coefficient (Wildman–Crippen LogP) is 8.13. The van der Waals surface area contributed by atoms with Crippen molar-refractivity contribution in [3.63, 3.8) is 0 Å². The van der Waals surface area contributed by atoms with E-state index in [4.69, 9.17) is 27.9 Å². The minimum Gasteiger partial charge on any atom is -0.489 e. The first kappa shape index (κ1) is 26.3. The third-order valence-corrected chi connectivity index (χ3v) is 6.78. The summed E-state index contributed by atoms with van der Waals surface area (Å²) in [5, 5.41) is 8.48. The molecule has 0 aliphatic heterocycles. The number of aromatic nitrogens is 2. The Morgan fingerprint density at radius 2 is 1.81 bits per heavy atom. The van der Waals surface area contributed by atoms with Gasteiger partial charge in [0, 0.05) is 21.8 Å². The van der Waals surface area contributed by atoms with Crippen molar-refractivity contribution in [2.75, 3.05) is 5.32 Å². The van der Waals surface area contributed by atoms with Gasteiger partial charge < -0.3 is 10.1 Å². The van der Waals surface area contributed by atoms with E-state index in [1.807, 2.05) is 36.4 Å². The second-order valence-corrected chi connectivity index (χ2v) is 11.2. The number of carbonyl (C=O) groups is 1. The molecular weight excluding hydrogens is 561 g/mol. The summed E-state index contributed by atoms with van der Waals surface area (Å²) >= 11 is 15.7. The number of halogens is 3. The monoisotopic (exact) mass is 585 g/mol. The number of benzene rings is 3. The highest BCUT2D eigenvalue weighted by Gasteiger charge is 2.15. The summed E-state index contributed by atoms with van der Waals surface area (Å²) in [5.74, 6) is 0.945. The molecule has 0 saturated heterocycles. The Bertz CT molecular complexity index is 1380. The van der Waals surface area contributed by atoms with Crippen molar-refractivity contribution < 1.29 is 9.53 Å². The number of hydrogen-bond donors (Lipinski definition) is 1. The van der Waals surface area contributed by atoms with Crippen molar-refractivity contribution in [1.82, 2.24) is 9.78 Å². The molecule has 8 heteroatoms. The van der Waals surface area contributed by atoms with Crippen LogP contribution in [0, 0.1) is 0 Å². The first-order valence-electron chi connectivity index (χ1n) is 11.4. The molecule has 1 N–H and O–H groups in total. The lowest BCUT2D eigenvalue weighted by Gasteiger charge is -2.19. The maximum absolute atomic E-state index is 12.9. The van der Waals surface area contributed by atoms with Gasteiger partial charge in [-0.05, 0) is 74.4 Å². The molecule has 3 aromatic carbocycles. The number of ether oxygens (including phenoxy) is 1. The topological polar surface area (TPSA) is 56.1 Å². The Kier molecular flexibility index (Phi) is 8.08. The number of carbonyl (C=O) groups excluding carboxylic acids is 1. The van der Waals surface area contributed by atoms with E-state index < -0.39 is 0 Å². The molecule has 0 fully saturated rings. The molecule has 0 atom stereocenters. The Balaban J connectivity index is 1.39.